The van der Waals surface area contributed by atoms with E-state index in [1.54, 1.807) is 6.08 Å². The van der Waals surface area contributed by atoms with Crippen molar-refractivity contribution in [1.29, 1.82) is 0 Å². The molecule has 12 nitrogen and oxygen atoms in total. The van der Waals surface area contributed by atoms with Crippen LogP contribution in [-0.2, 0) is 28.8 Å². The van der Waals surface area contributed by atoms with Crippen LogP contribution in [0.2, 0.25) is 0 Å². The molecule has 2 amide bonds. The summed E-state index contributed by atoms with van der Waals surface area (Å²) in [6.07, 6.45) is 1.64. The number of carbonyl (C=O) groups is 4. The summed E-state index contributed by atoms with van der Waals surface area (Å²) >= 11 is 3.60. The maximum atomic E-state index is 12.8. The molecule has 174 valence electrons. The molecule has 33 heavy (non-hydrogen) atoms. The third-order valence-corrected chi connectivity index (χ3v) is 8.07. The van der Waals surface area contributed by atoms with Gasteiger partial charge in [-0.2, -0.15) is 0 Å². The molecule has 0 radical (unpaired) electrons. The lowest BCUT2D eigenvalue weighted by Crippen LogP contribution is -2.71. The summed E-state index contributed by atoms with van der Waals surface area (Å²) in [7, 11) is 1.26. The number of nitrogen functional groups attached to an aromatic ring is 1. The Labute approximate surface area is 199 Å². The molecule has 1 fully saturated rings. The van der Waals surface area contributed by atoms with Gasteiger partial charge in [-0.05, 0) is 6.08 Å². The van der Waals surface area contributed by atoms with Gasteiger partial charge in [0.1, 0.15) is 36.5 Å². The number of rotatable bonds is 8. The minimum atomic E-state index is -1.26. The molecule has 3 aliphatic rings. The summed E-state index contributed by atoms with van der Waals surface area (Å²) in [4.78, 5) is 59.5. The van der Waals surface area contributed by atoms with Crippen LogP contribution >= 0.6 is 34.9 Å². The Bertz CT molecular complexity index is 1130. The molecule has 3 aliphatic heterocycles. The highest BCUT2D eigenvalue weighted by atomic mass is 32.2. The predicted octanol–water partition coefficient (Wildman–Crippen LogP) is -0.0117. The number of thioether (sulfide) groups is 2. The van der Waals surface area contributed by atoms with Gasteiger partial charge >= 0.3 is 11.9 Å². The van der Waals surface area contributed by atoms with Crippen molar-refractivity contribution >= 4 is 69.5 Å². The first-order valence-corrected chi connectivity index (χ1v) is 12.3. The molecule has 15 heteroatoms. The molecular formula is C18H17N5O7S3. The molecule has 0 spiro atoms. The van der Waals surface area contributed by atoms with Gasteiger partial charge < -0.3 is 25.7 Å². The summed E-state index contributed by atoms with van der Waals surface area (Å²) in [5.41, 5.74) is 5.96. The monoisotopic (exact) mass is 511 g/mol. The number of nitrogens with zero attached hydrogens (tertiary/aromatic N) is 3. The van der Waals surface area contributed by atoms with Crippen LogP contribution in [0, 0.1) is 0 Å². The van der Waals surface area contributed by atoms with Gasteiger partial charge in [0.2, 0.25) is 0 Å². The van der Waals surface area contributed by atoms with Crippen LogP contribution in [0.1, 0.15) is 5.69 Å². The first-order chi connectivity index (χ1) is 15.8. The molecule has 0 aliphatic carbocycles. The predicted molar refractivity (Wildman–Crippen MR) is 121 cm³/mol. The second-order valence-corrected chi connectivity index (χ2v) is 9.81. The van der Waals surface area contributed by atoms with E-state index in [-0.39, 0.29) is 34.6 Å². The number of aromatic nitrogens is 1. The maximum absolute atomic E-state index is 12.8. The van der Waals surface area contributed by atoms with E-state index in [0.717, 1.165) is 16.2 Å². The molecule has 4 heterocycles. The van der Waals surface area contributed by atoms with Crippen LogP contribution in [0.3, 0.4) is 0 Å². The highest BCUT2D eigenvalue weighted by molar-refractivity contribution is 8.06. The summed E-state index contributed by atoms with van der Waals surface area (Å²) in [6.45, 7) is 0.199. The summed E-state index contributed by atoms with van der Waals surface area (Å²) < 4.78 is 4.85. The van der Waals surface area contributed by atoms with E-state index >= 15 is 0 Å². The number of anilines is 1. The van der Waals surface area contributed by atoms with E-state index in [2.05, 4.69) is 15.5 Å². The molecule has 1 saturated heterocycles. The fraction of sp³-hybridized carbons (Fsp3) is 0.333. The third kappa shape index (κ3) is 4.43. The van der Waals surface area contributed by atoms with Crippen LogP contribution in [0.4, 0.5) is 5.13 Å². The van der Waals surface area contributed by atoms with Crippen molar-refractivity contribution in [2.75, 3.05) is 31.0 Å². The smallest absolute Gasteiger partial charge is 0.353 e. The number of esters is 1. The maximum Gasteiger partial charge on any atom is 0.353 e. The van der Waals surface area contributed by atoms with Gasteiger partial charge in [0.15, 0.2) is 10.8 Å². The molecule has 4 N–H and O–H groups in total. The lowest BCUT2D eigenvalue weighted by molar-refractivity contribution is -0.150. The van der Waals surface area contributed by atoms with Crippen LogP contribution in [0.15, 0.2) is 32.8 Å². The van der Waals surface area contributed by atoms with Gasteiger partial charge in [0, 0.05) is 27.4 Å². The fourth-order valence-electron chi connectivity index (χ4n) is 3.28. The molecule has 0 saturated carbocycles. The fourth-order valence-corrected chi connectivity index (χ4v) is 6.45. The second kappa shape index (κ2) is 9.44. The topological polar surface area (TPSA) is 174 Å². The Balaban J connectivity index is 1.48. The minimum absolute atomic E-state index is 0.149. The summed E-state index contributed by atoms with van der Waals surface area (Å²) in [6, 6.07) is -0.950. The van der Waals surface area contributed by atoms with Gasteiger partial charge in [0.05, 0.1) is 0 Å². The molecular weight excluding hydrogens is 494 g/mol. The Kier molecular flexibility index (Phi) is 6.62. The zero-order valence-electron chi connectivity index (χ0n) is 17.0. The quantitative estimate of drug-likeness (QED) is 0.185. The number of hydrogen-bond donors (Lipinski definition) is 3. The Morgan fingerprint density at radius 2 is 2.27 bits per heavy atom. The number of thiazole rings is 1. The average Bonchev–Trinajstić information content (AvgIpc) is 3.40. The van der Waals surface area contributed by atoms with Gasteiger partial charge in [-0.25, -0.2) is 14.6 Å². The Morgan fingerprint density at radius 1 is 1.48 bits per heavy atom. The van der Waals surface area contributed by atoms with Crippen LogP contribution < -0.4 is 11.1 Å². The number of carbonyl (C=O) groups excluding carboxylic acids is 3. The van der Waals surface area contributed by atoms with Crippen molar-refractivity contribution in [2.24, 2.45) is 5.16 Å². The van der Waals surface area contributed by atoms with E-state index in [1.807, 2.05) is 0 Å². The van der Waals surface area contributed by atoms with Crippen molar-refractivity contribution in [3.63, 3.8) is 0 Å². The minimum Gasteiger partial charge on any atom is -0.477 e. The number of aliphatic carboxylic acids is 1. The van der Waals surface area contributed by atoms with Gasteiger partial charge in [0.25, 0.3) is 11.8 Å². The summed E-state index contributed by atoms with van der Waals surface area (Å²) in [5.74, 6) is -2.41. The van der Waals surface area contributed by atoms with Crippen molar-refractivity contribution < 1.29 is 33.9 Å². The van der Waals surface area contributed by atoms with Crippen LogP contribution in [0.25, 0.3) is 0 Å². The number of ether oxygens (including phenoxy) is 1. The number of cyclic esters (lactones) is 1. The van der Waals surface area contributed by atoms with Crippen molar-refractivity contribution in [3.05, 3.63) is 33.3 Å². The van der Waals surface area contributed by atoms with Gasteiger partial charge in [-0.15, -0.1) is 34.9 Å². The lowest BCUT2D eigenvalue weighted by Gasteiger charge is -2.49. The molecule has 2 atom stereocenters. The molecule has 0 aromatic carbocycles. The first kappa shape index (κ1) is 23.1. The average molecular weight is 512 g/mol. The number of oxime groups is 1. The van der Waals surface area contributed by atoms with Crippen molar-refractivity contribution in [2.45, 2.75) is 11.4 Å². The van der Waals surface area contributed by atoms with E-state index < -0.39 is 35.2 Å². The molecule has 1 aromatic rings. The molecule has 4 rings (SSSR count). The molecule has 1 aromatic heterocycles. The number of carboxylic acid groups (broad SMARTS) is 1. The van der Waals surface area contributed by atoms with Crippen LogP contribution in [-0.4, -0.2) is 81.1 Å². The van der Waals surface area contributed by atoms with E-state index in [1.165, 1.54) is 36.0 Å². The highest BCUT2D eigenvalue weighted by Crippen LogP contribution is 2.43. The van der Waals surface area contributed by atoms with Gasteiger partial charge in [-0.3, -0.25) is 14.5 Å². The van der Waals surface area contributed by atoms with E-state index in [9.17, 15) is 24.3 Å². The number of nitrogens with two attached hydrogens (primary N) is 1. The number of hydrogen-bond acceptors (Lipinski definition) is 12. The number of nitrogens with one attached hydrogen (secondary N) is 1. The number of β-lactam (4-membered cyclic amide) rings is 1. The van der Waals surface area contributed by atoms with Crippen molar-refractivity contribution in [3.8, 4) is 0 Å². The van der Waals surface area contributed by atoms with Crippen LogP contribution in [0.5, 0.6) is 0 Å². The number of fused-ring (bicyclic) bond motifs is 1. The zero-order chi connectivity index (χ0) is 23.7. The second-order valence-electron chi connectivity index (χ2n) is 6.75. The first-order valence-electron chi connectivity index (χ1n) is 9.35. The molecule has 0 unspecified atom stereocenters. The lowest BCUT2D eigenvalue weighted by atomic mass is 10.0. The SMILES string of the molecule is CO/N=C(\C(=O)N[C@@H]1C(=O)N2C(C(=O)O)=C(SCC3=CCOC3=O)CS[C@H]12)c1csc(N)n1. The standard InChI is InChI=1S/C18H17N5O7S3/c1-29-22-10(8-5-33-18(19)20-8)13(24)21-11-14(25)23-12(16(26)27)9(6-32-15(11)23)31-4-7-2-3-30-17(7)28/h2,5,11,15H,3-4,6H2,1H3,(H2,19,20)(H,21,24)(H,26,27)/b22-10-/t11-,15-/m1/s1. The van der Waals surface area contributed by atoms with E-state index in [4.69, 9.17) is 15.3 Å². The molecule has 0 bridgehead atoms. The largest absolute Gasteiger partial charge is 0.477 e. The zero-order valence-corrected chi connectivity index (χ0v) is 19.4. The van der Waals surface area contributed by atoms with Crippen molar-refractivity contribution in [1.82, 2.24) is 15.2 Å². The highest BCUT2D eigenvalue weighted by Gasteiger charge is 2.54. The summed E-state index contributed by atoms with van der Waals surface area (Å²) in [5, 5.41) is 17.2. The Morgan fingerprint density at radius 3 is 2.88 bits per heavy atom. The number of amides is 2. The van der Waals surface area contributed by atoms with E-state index in [0.29, 0.717) is 16.2 Å². The third-order valence-electron chi connectivity index (χ3n) is 4.79. The normalized spacial score (nSPS) is 22.4. The Hall–Kier alpha value is -3.04. The van der Waals surface area contributed by atoms with Gasteiger partial charge in [-0.1, -0.05) is 5.16 Å². The number of carboxylic acids is 1.